The summed E-state index contributed by atoms with van der Waals surface area (Å²) in [6.45, 7) is 0.601. The summed E-state index contributed by atoms with van der Waals surface area (Å²) >= 11 is 0. The summed E-state index contributed by atoms with van der Waals surface area (Å²) in [5, 5.41) is 0. The minimum atomic E-state index is -0.817. The van der Waals surface area contributed by atoms with Crippen molar-refractivity contribution in [3.8, 4) is 0 Å². The quantitative estimate of drug-likeness (QED) is 0.721. The molecule has 1 aliphatic heterocycles. The first-order chi connectivity index (χ1) is 6.27. The molecule has 0 aromatic heterocycles. The third-order valence-electron chi connectivity index (χ3n) is 2.08. The van der Waals surface area contributed by atoms with E-state index in [2.05, 4.69) is 5.48 Å². The molecule has 0 spiro atoms. The van der Waals surface area contributed by atoms with Crippen molar-refractivity contribution < 1.29 is 13.6 Å². The van der Waals surface area contributed by atoms with Crippen molar-refractivity contribution in [1.82, 2.24) is 5.48 Å². The van der Waals surface area contributed by atoms with Gasteiger partial charge in [-0.15, -0.1) is 0 Å². The zero-order valence-electron chi connectivity index (χ0n) is 6.89. The molecule has 1 heterocycles. The number of hydrogen-bond donors (Lipinski definition) is 1. The van der Waals surface area contributed by atoms with Crippen LogP contribution in [0.1, 0.15) is 18.0 Å². The Morgan fingerprint density at radius 1 is 1.31 bits per heavy atom. The average molecular weight is 185 g/mol. The number of nitrogens with one attached hydrogen (secondary N) is 1. The first-order valence-electron chi connectivity index (χ1n) is 4.09. The van der Waals surface area contributed by atoms with Gasteiger partial charge in [-0.05, 0) is 24.1 Å². The van der Waals surface area contributed by atoms with Gasteiger partial charge in [0.05, 0.1) is 12.6 Å². The first kappa shape index (κ1) is 8.59. The molecular weight excluding hydrogens is 176 g/mol. The lowest BCUT2D eigenvalue weighted by Crippen LogP contribution is -2.11. The molecular formula is C9H9F2NO. The van der Waals surface area contributed by atoms with E-state index < -0.39 is 11.6 Å². The monoisotopic (exact) mass is 185 g/mol. The lowest BCUT2D eigenvalue weighted by Gasteiger charge is -2.08. The van der Waals surface area contributed by atoms with Gasteiger partial charge in [-0.25, -0.2) is 8.78 Å². The van der Waals surface area contributed by atoms with Crippen LogP contribution in [-0.4, -0.2) is 6.61 Å². The predicted molar refractivity (Wildman–Crippen MR) is 42.8 cm³/mol. The zero-order valence-corrected chi connectivity index (χ0v) is 6.89. The molecule has 13 heavy (non-hydrogen) atoms. The molecule has 0 saturated carbocycles. The Hall–Kier alpha value is -1.00. The number of hydrogen-bond acceptors (Lipinski definition) is 2. The van der Waals surface area contributed by atoms with Gasteiger partial charge >= 0.3 is 0 Å². The van der Waals surface area contributed by atoms with Crippen LogP contribution in [0, 0.1) is 11.6 Å². The molecule has 1 N–H and O–H groups in total. The van der Waals surface area contributed by atoms with Crippen LogP contribution in [0.15, 0.2) is 18.2 Å². The van der Waals surface area contributed by atoms with E-state index in [0.717, 1.165) is 18.1 Å². The molecule has 0 radical (unpaired) electrons. The maximum Gasteiger partial charge on any atom is 0.159 e. The molecule has 1 atom stereocenters. The van der Waals surface area contributed by atoms with Crippen molar-refractivity contribution in [3.63, 3.8) is 0 Å². The van der Waals surface area contributed by atoms with E-state index >= 15 is 0 Å². The highest BCUT2D eigenvalue weighted by atomic mass is 19.2. The summed E-state index contributed by atoms with van der Waals surface area (Å²) in [5.74, 6) is -1.63. The van der Waals surface area contributed by atoms with Crippen LogP contribution in [0.5, 0.6) is 0 Å². The Kier molecular flexibility index (Phi) is 2.24. The fraction of sp³-hybridized carbons (Fsp3) is 0.333. The minimum absolute atomic E-state index is 0.0184. The summed E-state index contributed by atoms with van der Waals surface area (Å²) in [6, 6.07) is 3.87. The van der Waals surface area contributed by atoms with E-state index in [0.29, 0.717) is 6.61 Å². The standard InChI is InChI=1S/C9H9F2NO/c10-7-2-1-6(5-8(7)11)9-3-4-13-12-9/h1-2,5,9,12H,3-4H2. The van der Waals surface area contributed by atoms with Crippen LogP contribution < -0.4 is 5.48 Å². The average Bonchev–Trinajstić information content (AvgIpc) is 2.62. The third kappa shape index (κ3) is 1.68. The number of rotatable bonds is 1. The summed E-state index contributed by atoms with van der Waals surface area (Å²) in [5.41, 5.74) is 3.45. The van der Waals surface area contributed by atoms with Crippen LogP contribution in [-0.2, 0) is 4.84 Å². The van der Waals surface area contributed by atoms with Gasteiger partial charge in [-0.3, -0.25) is 0 Å². The fourth-order valence-electron chi connectivity index (χ4n) is 1.36. The summed E-state index contributed by atoms with van der Waals surface area (Å²) in [4.78, 5) is 4.92. The van der Waals surface area contributed by atoms with Crippen LogP contribution in [0.3, 0.4) is 0 Å². The van der Waals surface area contributed by atoms with Gasteiger partial charge in [0.25, 0.3) is 0 Å². The molecule has 0 amide bonds. The van der Waals surface area contributed by atoms with Gasteiger partial charge < -0.3 is 4.84 Å². The van der Waals surface area contributed by atoms with Gasteiger partial charge in [0.2, 0.25) is 0 Å². The molecule has 0 aliphatic carbocycles. The van der Waals surface area contributed by atoms with Crippen molar-refractivity contribution in [3.05, 3.63) is 35.4 Å². The molecule has 1 aromatic rings. The van der Waals surface area contributed by atoms with Crippen molar-refractivity contribution in [2.75, 3.05) is 6.61 Å². The van der Waals surface area contributed by atoms with Gasteiger partial charge in [0.1, 0.15) is 0 Å². The van der Waals surface area contributed by atoms with Crippen molar-refractivity contribution in [2.24, 2.45) is 0 Å². The van der Waals surface area contributed by atoms with Gasteiger partial charge in [0, 0.05) is 0 Å². The number of halogens is 2. The Balaban J connectivity index is 2.25. The van der Waals surface area contributed by atoms with E-state index in [1.54, 1.807) is 6.07 Å². The van der Waals surface area contributed by atoms with Crippen molar-refractivity contribution >= 4 is 0 Å². The molecule has 4 heteroatoms. The maximum absolute atomic E-state index is 12.8. The highest BCUT2D eigenvalue weighted by Crippen LogP contribution is 2.22. The van der Waals surface area contributed by atoms with Gasteiger partial charge in [0.15, 0.2) is 11.6 Å². The highest BCUT2D eigenvalue weighted by Gasteiger charge is 2.18. The van der Waals surface area contributed by atoms with Crippen LogP contribution in [0.25, 0.3) is 0 Å². The van der Waals surface area contributed by atoms with E-state index in [9.17, 15) is 8.78 Å². The molecule has 0 bridgehead atoms. The molecule has 1 unspecified atom stereocenters. The number of hydroxylamine groups is 1. The van der Waals surface area contributed by atoms with Crippen LogP contribution in [0.4, 0.5) is 8.78 Å². The molecule has 2 nitrogen and oxygen atoms in total. The van der Waals surface area contributed by atoms with Crippen molar-refractivity contribution in [1.29, 1.82) is 0 Å². The van der Waals surface area contributed by atoms with Crippen LogP contribution in [0.2, 0.25) is 0 Å². The fourth-order valence-corrected chi connectivity index (χ4v) is 1.36. The zero-order chi connectivity index (χ0) is 9.26. The van der Waals surface area contributed by atoms with Crippen LogP contribution >= 0.6 is 0 Å². The molecule has 1 aliphatic rings. The minimum Gasteiger partial charge on any atom is -0.301 e. The lowest BCUT2D eigenvalue weighted by atomic mass is 10.1. The second kappa shape index (κ2) is 3.40. The second-order valence-corrected chi connectivity index (χ2v) is 2.98. The Labute approximate surface area is 74.5 Å². The topological polar surface area (TPSA) is 21.3 Å². The van der Waals surface area contributed by atoms with Gasteiger partial charge in [-0.2, -0.15) is 5.48 Å². The molecule has 1 aromatic carbocycles. The summed E-state index contributed by atoms with van der Waals surface area (Å²) in [7, 11) is 0. The SMILES string of the molecule is Fc1ccc(C2CCON2)cc1F. The smallest absolute Gasteiger partial charge is 0.159 e. The molecule has 70 valence electrons. The first-order valence-corrected chi connectivity index (χ1v) is 4.09. The molecule has 1 fully saturated rings. The predicted octanol–water partition coefficient (Wildman–Crippen LogP) is 1.93. The summed E-state index contributed by atoms with van der Waals surface area (Å²) < 4.78 is 25.3. The number of benzene rings is 1. The normalized spacial score (nSPS) is 22.2. The third-order valence-corrected chi connectivity index (χ3v) is 2.08. The lowest BCUT2D eigenvalue weighted by molar-refractivity contribution is 0.0882. The Bertz CT molecular complexity index is 310. The second-order valence-electron chi connectivity index (χ2n) is 2.98. The van der Waals surface area contributed by atoms with E-state index in [1.165, 1.54) is 6.07 Å². The Morgan fingerprint density at radius 2 is 2.15 bits per heavy atom. The molecule has 1 saturated heterocycles. The van der Waals surface area contributed by atoms with E-state index in [-0.39, 0.29) is 6.04 Å². The van der Waals surface area contributed by atoms with E-state index in [1.807, 2.05) is 0 Å². The molecule has 2 rings (SSSR count). The highest BCUT2D eigenvalue weighted by molar-refractivity contribution is 5.21. The largest absolute Gasteiger partial charge is 0.301 e. The van der Waals surface area contributed by atoms with Crippen molar-refractivity contribution in [2.45, 2.75) is 12.5 Å². The maximum atomic E-state index is 12.8. The van der Waals surface area contributed by atoms with E-state index in [4.69, 9.17) is 4.84 Å². The van der Waals surface area contributed by atoms with Gasteiger partial charge in [-0.1, -0.05) is 6.07 Å². The Morgan fingerprint density at radius 3 is 2.77 bits per heavy atom. The summed E-state index contributed by atoms with van der Waals surface area (Å²) in [6.07, 6.45) is 0.783.